The number of amides is 1. The Morgan fingerprint density at radius 3 is 2.68 bits per heavy atom. The molecule has 0 saturated heterocycles. The van der Waals surface area contributed by atoms with Gasteiger partial charge in [-0.2, -0.15) is 5.10 Å². The zero-order chi connectivity index (χ0) is 21.6. The van der Waals surface area contributed by atoms with Gasteiger partial charge in [0.1, 0.15) is 18.1 Å². The fraction of sp³-hybridized carbons (Fsp3) is 0.0400. The molecular weight excluding hydrogens is 456 g/mol. The molecule has 0 heterocycles. The number of para-hydroxylation sites is 1. The molecule has 1 amide bonds. The molecule has 0 aliphatic carbocycles. The van der Waals surface area contributed by atoms with E-state index in [4.69, 9.17) is 4.74 Å². The van der Waals surface area contributed by atoms with E-state index in [9.17, 15) is 9.90 Å². The normalized spacial score (nSPS) is 11.0. The molecule has 0 saturated carbocycles. The monoisotopic (exact) mass is 474 g/mol. The van der Waals surface area contributed by atoms with Gasteiger partial charge in [-0.05, 0) is 46.7 Å². The van der Waals surface area contributed by atoms with Crippen LogP contribution in [0.4, 0.5) is 0 Å². The fourth-order valence-electron chi connectivity index (χ4n) is 3.20. The number of ether oxygens (including phenoxy) is 1. The van der Waals surface area contributed by atoms with Crippen molar-refractivity contribution in [2.45, 2.75) is 6.61 Å². The molecule has 0 atom stereocenters. The van der Waals surface area contributed by atoms with Crippen LogP contribution in [0.3, 0.4) is 0 Å². The number of carbonyl (C=O) groups excluding carboxylic acids is 1. The number of phenolic OH excluding ortho intramolecular Hbond substituents is 1. The summed E-state index contributed by atoms with van der Waals surface area (Å²) >= 11 is 3.44. The minimum Gasteiger partial charge on any atom is -0.507 e. The lowest BCUT2D eigenvalue weighted by Crippen LogP contribution is -2.18. The second-order valence-corrected chi connectivity index (χ2v) is 7.75. The van der Waals surface area contributed by atoms with Crippen LogP contribution < -0.4 is 10.2 Å². The molecule has 4 aromatic rings. The molecule has 0 bridgehead atoms. The van der Waals surface area contributed by atoms with Crippen molar-refractivity contribution in [1.29, 1.82) is 0 Å². The highest BCUT2D eigenvalue weighted by atomic mass is 79.9. The molecule has 4 rings (SSSR count). The second kappa shape index (κ2) is 9.45. The minimum atomic E-state index is -0.402. The molecule has 4 aromatic carbocycles. The summed E-state index contributed by atoms with van der Waals surface area (Å²) in [5.41, 5.74) is 4.41. The zero-order valence-corrected chi connectivity index (χ0v) is 18.0. The third kappa shape index (κ3) is 4.92. The van der Waals surface area contributed by atoms with Crippen LogP contribution in [0.2, 0.25) is 0 Å². The average Bonchev–Trinajstić information content (AvgIpc) is 2.79. The Bertz CT molecular complexity index is 1270. The van der Waals surface area contributed by atoms with Gasteiger partial charge in [0.25, 0.3) is 5.91 Å². The standard InChI is InChI=1S/C25H19BrN2O3/c26-19-8-5-6-17(14-19)16-31-24-11-4-3-10-21(24)25(30)28-27-15-22-20-9-2-1-7-18(20)12-13-23(22)29/h1-15,29H,16H2,(H,28,30)/b27-15+. The van der Waals surface area contributed by atoms with E-state index in [1.807, 2.05) is 60.7 Å². The number of hydrazone groups is 1. The second-order valence-electron chi connectivity index (χ2n) is 6.83. The molecule has 31 heavy (non-hydrogen) atoms. The number of aromatic hydroxyl groups is 1. The summed E-state index contributed by atoms with van der Waals surface area (Å²) in [7, 11) is 0. The Balaban J connectivity index is 1.49. The van der Waals surface area contributed by atoms with E-state index in [1.165, 1.54) is 6.21 Å². The van der Waals surface area contributed by atoms with Gasteiger partial charge in [-0.25, -0.2) is 5.43 Å². The number of nitrogens with one attached hydrogen (secondary N) is 1. The van der Waals surface area contributed by atoms with Crippen molar-refractivity contribution in [3.8, 4) is 11.5 Å². The quantitative estimate of drug-likeness (QED) is 0.280. The third-order valence-electron chi connectivity index (χ3n) is 4.72. The Hall–Kier alpha value is -3.64. The Morgan fingerprint density at radius 2 is 1.81 bits per heavy atom. The van der Waals surface area contributed by atoms with E-state index in [1.54, 1.807) is 24.3 Å². The van der Waals surface area contributed by atoms with Crippen LogP contribution in [0.15, 0.2) is 94.5 Å². The molecule has 0 radical (unpaired) electrons. The van der Waals surface area contributed by atoms with Gasteiger partial charge < -0.3 is 9.84 Å². The lowest BCUT2D eigenvalue weighted by molar-refractivity contribution is 0.0950. The summed E-state index contributed by atoms with van der Waals surface area (Å²) in [6.45, 7) is 0.330. The van der Waals surface area contributed by atoms with Gasteiger partial charge in [0.2, 0.25) is 0 Å². The predicted octanol–water partition coefficient (Wildman–Crippen LogP) is 5.65. The summed E-state index contributed by atoms with van der Waals surface area (Å²) in [4.78, 5) is 12.7. The molecule has 2 N–H and O–H groups in total. The number of carbonyl (C=O) groups is 1. The Morgan fingerprint density at radius 1 is 1.00 bits per heavy atom. The summed E-state index contributed by atoms with van der Waals surface area (Å²) in [6, 6.07) is 25.9. The molecule has 154 valence electrons. The maximum Gasteiger partial charge on any atom is 0.275 e. The predicted molar refractivity (Wildman–Crippen MR) is 126 cm³/mol. The van der Waals surface area contributed by atoms with Crippen molar-refractivity contribution in [2.75, 3.05) is 0 Å². The SMILES string of the molecule is O=C(N/N=C/c1c(O)ccc2ccccc12)c1ccccc1OCc1cccc(Br)c1. The lowest BCUT2D eigenvalue weighted by atomic mass is 10.0. The van der Waals surface area contributed by atoms with E-state index in [0.717, 1.165) is 20.8 Å². The summed E-state index contributed by atoms with van der Waals surface area (Å²) < 4.78 is 6.83. The van der Waals surface area contributed by atoms with Crippen molar-refractivity contribution in [2.24, 2.45) is 5.10 Å². The van der Waals surface area contributed by atoms with Crippen molar-refractivity contribution >= 4 is 38.8 Å². The maximum atomic E-state index is 12.7. The highest BCUT2D eigenvalue weighted by Gasteiger charge is 2.12. The van der Waals surface area contributed by atoms with Crippen molar-refractivity contribution in [3.63, 3.8) is 0 Å². The third-order valence-corrected chi connectivity index (χ3v) is 5.22. The van der Waals surface area contributed by atoms with Crippen LogP contribution in [0.25, 0.3) is 10.8 Å². The van der Waals surface area contributed by atoms with Crippen LogP contribution in [0.1, 0.15) is 21.5 Å². The summed E-state index contributed by atoms with van der Waals surface area (Å²) in [5.74, 6) is 0.151. The smallest absolute Gasteiger partial charge is 0.275 e. The number of fused-ring (bicyclic) bond motifs is 1. The highest BCUT2D eigenvalue weighted by molar-refractivity contribution is 9.10. The van der Waals surface area contributed by atoms with Gasteiger partial charge in [-0.1, -0.05) is 70.5 Å². The molecule has 0 spiro atoms. The molecule has 0 aliphatic heterocycles. The number of benzene rings is 4. The number of hydrogen-bond acceptors (Lipinski definition) is 4. The lowest BCUT2D eigenvalue weighted by Gasteiger charge is -2.11. The number of rotatable bonds is 6. The van der Waals surface area contributed by atoms with E-state index in [2.05, 4.69) is 26.5 Å². The van der Waals surface area contributed by atoms with Crippen LogP contribution in [0.5, 0.6) is 11.5 Å². The molecule has 0 fully saturated rings. The van der Waals surface area contributed by atoms with Crippen molar-refractivity contribution in [3.05, 3.63) is 106 Å². The molecule has 0 aromatic heterocycles. The van der Waals surface area contributed by atoms with E-state index >= 15 is 0 Å². The summed E-state index contributed by atoms with van der Waals surface area (Å²) in [6.07, 6.45) is 1.44. The molecular formula is C25H19BrN2O3. The van der Waals surface area contributed by atoms with Gasteiger partial charge in [-0.3, -0.25) is 4.79 Å². The first kappa shape index (κ1) is 20.6. The first-order valence-electron chi connectivity index (χ1n) is 9.62. The Kier molecular flexibility index (Phi) is 6.29. The first-order chi connectivity index (χ1) is 15.1. The topological polar surface area (TPSA) is 70.9 Å². The van der Waals surface area contributed by atoms with Gasteiger partial charge in [0.15, 0.2) is 0 Å². The van der Waals surface area contributed by atoms with Crippen molar-refractivity contribution < 1.29 is 14.6 Å². The molecule has 0 unspecified atom stereocenters. The van der Waals surface area contributed by atoms with Gasteiger partial charge >= 0.3 is 0 Å². The van der Waals surface area contributed by atoms with Crippen LogP contribution >= 0.6 is 15.9 Å². The molecule has 5 nitrogen and oxygen atoms in total. The number of nitrogens with zero attached hydrogens (tertiary/aromatic N) is 1. The summed E-state index contributed by atoms with van der Waals surface area (Å²) in [5, 5.41) is 16.1. The first-order valence-corrected chi connectivity index (χ1v) is 10.4. The van der Waals surface area contributed by atoms with Crippen LogP contribution in [-0.2, 0) is 6.61 Å². The maximum absolute atomic E-state index is 12.7. The Labute approximate surface area is 188 Å². The molecule has 6 heteroatoms. The van der Waals surface area contributed by atoms with Gasteiger partial charge in [-0.15, -0.1) is 0 Å². The van der Waals surface area contributed by atoms with Crippen molar-refractivity contribution in [1.82, 2.24) is 5.43 Å². The largest absolute Gasteiger partial charge is 0.507 e. The average molecular weight is 475 g/mol. The van der Waals surface area contributed by atoms with E-state index in [0.29, 0.717) is 23.5 Å². The number of phenols is 1. The zero-order valence-electron chi connectivity index (χ0n) is 16.5. The van der Waals surface area contributed by atoms with E-state index in [-0.39, 0.29) is 5.75 Å². The molecule has 0 aliphatic rings. The highest BCUT2D eigenvalue weighted by Crippen LogP contribution is 2.25. The number of halogens is 1. The van der Waals surface area contributed by atoms with Crippen LogP contribution in [0, 0.1) is 0 Å². The van der Waals surface area contributed by atoms with E-state index < -0.39 is 5.91 Å². The fourth-order valence-corrected chi connectivity index (χ4v) is 3.65. The van der Waals surface area contributed by atoms with Gasteiger partial charge in [0.05, 0.1) is 11.8 Å². The minimum absolute atomic E-state index is 0.0921. The van der Waals surface area contributed by atoms with Gasteiger partial charge in [0, 0.05) is 10.0 Å². The number of hydrogen-bond donors (Lipinski definition) is 2. The van der Waals surface area contributed by atoms with Crippen LogP contribution in [-0.4, -0.2) is 17.2 Å².